The van der Waals surface area contributed by atoms with Gasteiger partial charge in [-0.1, -0.05) is 20.3 Å². The average molecular weight is 265 g/mol. The molecule has 1 aromatic heterocycles. The van der Waals surface area contributed by atoms with Gasteiger partial charge in [0.05, 0.1) is 0 Å². The zero-order chi connectivity index (χ0) is 14.3. The maximum atomic E-state index is 11.7. The van der Waals surface area contributed by atoms with Gasteiger partial charge in [0.25, 0.3) is 0 Å². The van der Waals surface area contributed by atoms with Crippen molar-refractivity contribution in [3.05, 3.63) is 24.0 Å². The van der Waals surface area contributed by atoms with Crippen molar-refractivity contribution >= 4 is 5.91 Å². The summed E-state index contributed by atoms with van der Waals surface area (Å²) < 4.78 is 1.97. The molecule has 1 unspecified atom stereocenters. The van der Waals surface area contributed by atoms with Crippen LogP contribution >= 0.6 is 0 Å². The third-order valence-corrected chi connectivity index (χ3v) is 3.21. The lowest BCUT2D eigenvalue weighted by molar-refractivity contribution is -0.129. The van der Waals surface area contributed by atoms with E-state index in [0.29, 0.717) is 12.6 Å². The minimum absolute atomic E-state index is 0.121. The summed E-state index contributed by atoms with van der Waals surface area (Å²) in [7, 11) is 3.57. The molecule has 1 atom stereocenters. The van der Waals surface area contributed by atoms with E-state index in [2.05, 4.69) is 31.4 Å². The van der Waals surface area contributed by atoms with Crippen LogP contribution in [0.25, 0.3) is 0 Å². The molecule has 0 aliphatic rings. The van der Waals surface area contributed by atoms with Gasteiger partial charge in [0, 0.05) is 32.5 Å². The zero-order valence-electron chi connectivity index (χ0n) is 12.6. The summed E-state index contributed by atoms with van der Waals surface area (Å²) in [6.07, 6.45) is 7.51. The molecule has 1 aromatic rings. The van der Waals surface area contributed by atoms with Crippen LogP contribution in [0.5, 0.6) is 0 Å². The molecular weight excluding hydrogens is 238 g/mol. The Balaban J connectivity index is 2.66. The third kappa shape index (κ3) is 5.07. The second kappa shape index (κ2) is 8.00. The van der Waals surface area contributed by atoms with Crippen molar-refractivity contribution in [2.45, 2.75) is 45.7 Å². The number of hydrogen-bond donors (Lipinski definition) is 1. The van der Waals surface area contributed by atoms with Crippen molar-refractivity contribution < 1.29 is 4.79 Å². The molecular formula is C15H27N3O. The topological polar surface area (TPSA) is 37.3 Å². The lowest BCUT2D eigenvalue weighted by Crippen LogP contribution is -2.26. The molecule has 0 saturated heterocycles. The molecule has 1 heterocycles. The van der Waals surface area contributed by atoms with Gasteiger partial charge in [-0.2, -0.15) is 0 Å². The van der Waals surface area contributed by atoms with E-state index < -0.39 is 0 Å². The zero-order valence-corrected chi connectivity index (χ0v) is 12.6. The minimum Gasteiger partial charge on any atom is -0.347 e. The summed E-state index contributed by atoms with van der Waals surface area (Å²) in [6, 6.07) is 2.52. The van der Waals surface area contributed by atoms with Gasteiger partial charge in [-0.3, -0.25) is 4.79 Å². The quantitative estimate of drug-likeness (QED) is 0.784. The molecule has 4 heteroatoms. The molecule has 1 N–H and O–H groups in total. The van der Waals surface area contributed by atoms with Crippen LogP contribution in [0, 0.1) is 0 Å². The van der Waals surface area contributed by atoms with E-state index in [-0.39, 0.29) is 5.91 Å². The second-order valence-corrected chi connectivity index (χ2v) is 5.20. The highest BCUT2D eigenvalue weighted by Gasteiger charge is 2.12. The van der Waals surface area contributed by atoms with E-state index in [1.807, 2.05) is 10.8 Å². The molecule has 0 aliphatic heterocycles. The fourth-order valence-electron chi connectivity index (χ4n) is 2.06. The van der Waals surface area contributed by atoms with Crippen molar-refractivity contribution in [1.29, 1.82) is 0 Å². The molecule has 19 heavy (non-hydrogen) atoms. The number of amides is 1. The first-order chi connectivity index (χ1) is 9.08. The van der Waals surface area contributed by atoms with Gasteiger partial charge in [0.1, 0.15) is 6.54 Å². The standard InChI is InChI=1S/C15H27N3O/c1-5-7-14(16-9-6-2)13-8-10-18(11-13)12-15(19)17(3)4/h8,10-11,14,16H,5-7,9,12H2,1-4H3. The molecule has 0 aliphatic carbocycles. The Labute approximate surface area is 116 Å². The summed E-state index contributed by atoms with van der Waals surface area (Å²) in [5.41, 5.74) is 1.28. The Morgan fingerprint density at radius 1 is 1.37 bits per heavy atom. The van der Waals surface area contributed by atoms with Crippen LogP contribution in [-0.4, -0.2) is 36.0 Å². The average Bonchev–Trinajstić information content (AvgIpc) is 2.82. The number of likely N-dealkylation sites (N-methyl/N-ethyl adjacent to an activating group) is 1. The first-order valence-electron chi connectivity index (χ1n) is 7.17. The second-order valence-electron chi connectivity index (χ2n) is 5.20. The van der Waals surface area contributed by atoms with Gasteiger partial charge >= 0.3 is 0 Å². The van der Waals surface area contributed by atoms with Gasteiger partial charge in [0.2, 0.25) is 5.91 Å². The van der Waals surface area contributed by atoms with Gasteiger partial charge in [-0.05, 0) is 31.0 Å². The summed E-state index contributed by atoms with van der Waals surface area (Å²) in [5, 5.41) is 3.57. The van der Waals surface area contributed by atoms with E-state index in [4.69, 9.17) is 0 Å². The SMILES string of the molecule is CCCNC(CCC)c1ccn(CC(=O)N(C)C)c1. The molecule has 108 valence electrons. The van der Waals surface area contributed by atoms with Gasteiger partial charge in [-0.15, -0.1) is 0 Å². The van der Waals surface area contributed by atoms with Crippen molar-refractivity contribution in [2.75, 3.05) is 20.6 Å². The lowest BCUT2D eigenvalue weighted by atomic mass is 10.1. The fraction of sp³-hybridized carbons (Fsp3) is 0.667. The summed E-state index contributed by atoms with van der Waals surface area (Å²) in [5.74, 6) is 0.121. The summed E-state index contributed by atoms with van der Waals surface area (Å²) in [6.45, 7) is 5.83. The van der Waals surface area contributed by atoms with Crippen LogP contribution in [0.2, 0.25) is 0 Å². The molecule has 0 aromatic carbocycles. The highest BCUT2D eigenvalue weighted by Crippen LogP contribution is 2.19. The van der Waals surface area contributed by atoms with E-state index in [1.54, 1.807) is 19.0 Å². The molecule has 1 amide bonds. The molecule has 1 rings (SSSR count). The number of nitrogens with one attached hydrogen (secondary N) is 1. The minimum atomic E-state index is 0.121. The molecule has 0 radical (unpaired) electrons. The number of hydrogen-bond acceptors (Lipinski definition) is 2. The smallest absolute Gasteiger partial charge is 0.241 e. The van der Waals surface area contributed by atoms with E-state index in [0.717, 1.165) is 25.8 Å². The first-order valence-corrected chi connectivity index (χ1v) is 7.17. The van der Waals surface area contributed by atoms with Crippen molar-refractivity contribution in [1.82, 2.24) is 14.8 Å². The highest BCUT2D eigenvalue weighted by atomic mass is 16.2. The van der Waals surface area contributed by atoms with E-state index in [9.17, 15) is 4.79 Å². The fourth-order valence-corrected chi connectivity index (χ4v) is 2.06. The van der Waals surface area contributed by atoms with Crippen LogP contribution in [-0.2, 0) is 11.3 Å². The highest BCUT2D eigenvalue weighted by molar-refractivity contribution is 5.75. The molecule has 0 spiro atoms. The largest absolute Gasteiger partial charge is 0.347 e. The maximum Gasteiger partial charge on any atom is 0.241 e. The Morgan fingerprint density at radius 2 is 2.11 bits per heavy atom. The van der Waals surface area contributed by atoms with Crippen LogP contribution < -0.4 is 5.32 Å². The Bertz CT molecular complexity index is 384. The van der Waals surface area contributed by atoms with Crippen molar-refractivity contribution in [3.8, 4) is 0 Å². The predicted molar refractivity (Wildman–Crippen MR) is 79.1 cm³/mol. The van der Waals surface area contributed by atoms with E-state index in [1.165, 1.54) is 5.56 Å². The Hall–Kier alpha value is -1.29. The number of rotatable bonds is 8. The molecule has 0 saturated carbocycles. The maximum absolute atomic E-state index is 11.7. The van der Waals surface area contributed by atoms with Crippen LogP contribution in [0.3, 0.4) is 0 Å². The van der Waals surface area contributed by atoms with Crippen LogP contribution in [0.15, 0.2) is 18.5 Å². The summed E-state index contributed by atoms with van der Waals surface area (Å²) in [4.78, 5) is 13.3. The van der Waals surface area contributed by atoms with E-state index >= 15 is 0 Å². The van der Waals surface area contributed by atoms with Crippen LogP contribution in [0.4, 0.5) is 0 Å². The molecule has 0 bridgehead atoms. The van der Waals surface area contributed by atoms with Crippen molar-refractivity contribution in [2.24, 2.45) is 0 Å². The van der Waals surface area contributed by atoms with Gasteiger partial charge in [-0.25, -0.2) is 0 Å². The Kier molecular flexibility index (Phi) is 6.64. The number of nitrogens with zero attached hydrogens (tertiary/aromatic N) is 2. The first kappa shape index (κ1) is 15.8. The monoisotopic (exact) mass is 265 g/mol. The molecule has 4 nitrogen and oxygen atoms in total. The van der Waals surface area contributed by atoms with Crippen LogP contribution in [0.1, 0.15) is 44.7 Å². The third-order valence-electron chi connectivity index (χ3n) is 3.21. The normalized spacial score (nSPS) is 12.4. The van der Waals surface area contributed by atoms with Gasteiger partial charge < -0.3 is 14.8 Å². The molecule has 0 fully saturated rings. The summed E-state index contributed by atoms with van der Waals surface area (Å²) >= 11 is 0. The number of carbonyl (C=O) groups is 1. The predicted octanol–water partition coefficient (Wildman–Crippen LogP) is 2.42. The number of aromatic nitrogens is 1. The lowest BCUT2D eigenvalue weighted by Gasteiger charge is -2.16. The van der Waals surface area contributed by atoms with Gasteiger partial charge in [0.15, 0.2) is 0 Å². The number of carbonyl (C=O) groups excluding carboxylic acids is 1. The Morgan fingerprint density at radius 3 is 2.68 bits per heavy atom. The van der Waals surface area contributed by atoms with Crippen molar-refractivity contribution in [3.63, 3.8) is 0 Å².